The lowest BCUT2D eigenvalue weighted by atomic mass is 9.76. The third-order valence-corrected chi connectivity index (χ3v) is 5.88. The zero-order valence-corrected chi connectivity index (χ0v) is 13.4. The van der Waals surface area contributed by atoms with E-state index in [9.17, 15) is 0 Å². The minimum Gasteiger partial charge on any atom is -0.306 e. The molecule has 0 radical (unpaired) electrons. The van der Waals surface area contributed by atoms with Gasteiger partial charge in [0.05, 0.1) is 0 Å². The summed E-state index contributed by atoms with van der Waals surface area (Å²) < 4.78 is 0. The molecule has 4 atom stereocenters. The van der Waals surface area contributed by atoms with Crippen LogP contribution in [0, 0.1) is 17.3 Å². The molecule has 1 fully saturated rings. The van der Waals surface area contributed by atoms with E-state index in [-0.39, 0.29) is 0 Å². The Morgan fingerprint density at radius 1 is 1.10 bits per heavy atom. The normalized spacial score (nSPS) is 35.8. The van der Waals surface area contributed by atoms with Crippen molar-refractivity contribution >= 4 is 0 Å². The Morgan fingerprint density at radius 3 is 2.65 bits per heavy atom. The molecule has 1 aromatic carbocycles. The summed E-state index contributed by atoms with van der Waals surface area (Å²) in [5.41, 5.74) is 3.43. The first-order valence-electron chi connectivity index (χ1n) is 8.33. The Labute approximate surface area is 124 Å². The van der Waals surface area contributed by atoms with Gasteiger partial charge in [0.1, 0.15) is 0 Å². The largest absolute Gasteiger partial charge is 0.306 e. The highest BCUT2D eigenvalue weighted by atomic mass is 15.0. The van der Waals surface area contributed by atoms with Crippen molar-refractivity contribution in [3.05, 3.63) is 35.4 Å². The number of nitrogens with one attached hydrogen (secondary N) is 1. The summed E-state index contributed by atoms with van der Waals surface area (Å²) in [7, 11) is 0. The molecular weight excluding hydrogens is 242 g/mol. The van der Waals surface area contributed by atoms with Gasteiger partial charge in [-0.2, -0.15) is 0 Å². The first kappa shape index (κ1) is 14.1. The fraction of sp³-hybridized carbons (Fsp3) is 0.684. The molecule has 0 bridgehead atoms. The van der Waals surface area contributed by atoms with E-state index in [1.165, 1.54) is 25.7 Å². The molecule has 0 aromatic heterocycles. The number of fused-ring (bicyclic) bond motifs is 1. The number of benzene rings is 1. The fourth-order valence-electron chi connectivity index (χ4n) is 4.34. The van der Waals surface area contributed by atoms with E-state index in [1.54, 1.807) is 11.1 Å². The first-order chi connectivity index (χ1) is 9.49. The topological polar surface area (TPSA) is 12.0 Å². The van der Waals surface area contributed by atoms with Gasteiger partial charge in [-0.1, -0.05) is 64.8 Å². The molecule has 0 aliphatic heterocycles. The lowest BCUT2D eigenvalue weighted by Gasteiger charge is -2.40. The summed E-state index contributed by atoms with van der Waals surface area (Å²) in [6.07, 6.45) is 5.35. The predicted octanol–water partition coefficient (Wildman–Crippen LogP) is 4.72. The van der Waals surface area contributed by atoms with Crippen LogP contribution in [-0.4, -0.2) is 6.04 Å². The van der Waals surface area contributed by atoms with Gasteiger partial charge in [0, 0.05) is 12.1 Å². The zero-order chi connectivity index (χ0) is 14.3. The van der Waals surface area contributed by atoms with E-state index in [2.05, 4.69) is 57.3 Å². The van der Waals surface area contributed by atoms with Gasteiger partial charge in [0.2, 0.25) is 0 Å². The molecular formula is C19H29N. The monoisotopic (exact) mass is 271 g/mol. The molecule has 1 heteroatoms. The minimum absolute atomic E-state index is 0.337. The van der Waals surface area contributed by atoms with Crippen LogP contribution in [0.4, 0.5) is 0 Å². The molecule has 2 aliphatic rings. The smallest absolute Gasteiger partial charge is 0.0380 e. The molecule has 0 heterocycles. The highest BCUT2D eigenvalue weighted by Gasteiger charge is 2.41. The molecule has 0 saturated heterocycles. The van der Waals surface area contributed by atoms with E-state index >= 15 is 0 Å². The molecule has 3 rings (SSSR count). The van der Waals surface area contributed by atoms with Crippen molar-refractivity contribution < 1.29 is 0 Å². The average molecular weight is 271 g/mol. The molecule has 110 valence electrons. The fourth-order valence-corrected chi connectivity index (χ4v) is 4.34. The zero-order valence-electron chi connectivity index (χ0n) is 13.4. The number of rotatable bonds is 2. The van der Waals surface area contributed by atoms with Crippen LogP contribution >= 0.6 is 0 Å². The molecule has 4 unspecified atom stereocenters. The molecule has 0 amide bonds. The van der Waals surface area contributed by atoms with Crippen LogP contribution in [0.25, 0.3) is 0 Å². The van der Waals surface area contributed by atoms with Crippen molar-refractivity contribution in [1.29, 1.82) is 0 Å². The van der Waals surface area contributed by atoms with Crippen LogP contribution in [0.5, 0.6) is 0 Å². The van der Waals surface area contributed by atoms with E-state index in [1.807, 2.05) is 0 Å². The molecule has 1 nitrogen and oxygen atoms in total. The maximum atomic E-state index is 4.04. The summed E-state index contributed by atoms with van der Waals surface area (Å²) in [4.78, 5) is 0. The lowest BCUT2D eigenvalue weighted by molar-refractivity contribution is 0.158. The Bertz CT molecular complexity index is 476. The SMILES string of the molecule is CC1CCCC(NC2c3ccccc3CC2(C)C)C1C. The maximum Gasteiger partial charge on any atom is 0.0380 e. The number of hydrogen-bond acceptors (Lipinski definition) is 1. The van der Waals surface area contributed by atoms with Gasteiger partial charge in [-0.05, 0) is 41.2 Å². The quantitative estimate of drug-likeness (QED) is 0.820. The highest BCUT2D eigenvalue weighted by Crippen LogP contribution is 2.46. The second kappa shape index (κ2) is 5.18. The Hall–Kier alpha value is -0.820. The molecule has 1 saturated carbocycles. The maximum absolute atomic E-state index is 4.04. The van der Waals surface area contributed by atoms with Crippen molar-refractivity contribution in [2.75, 3.05) is 0 Å². The van der Waals surface area contributed by atoms with Crippen LogP contribution in [0.15, 0.2) is 24.3 Å². The van der Waals surface area contributed by atoms with Gasteiger partial charge >= 0.3 is 0 Å². The van der Waals surface area contributed by atoms with Gasteiger partial charge in [0.25, 0.3) is 0 Å². The third kappa shape index (κ3) is 2.41. The van der Waals surface area contributed by atoms with E-state index in [4.69, 9.17) is 0 Å². The lowest BCUT2D eigenvalue weighted by Crippen LogP contribution is -2.45. The predicted molar refractivity (Wildman–Crippen MR) is 85.8 cm³/mol. The van der Waals surface area contributed by atoms with Gasteiger partial charge in [-0.3, -0.25) is 0 Å². The van der Waals surface area contributed by atoms with Crippen LogP contribution in [0.3, 0.4) is 0 Å². The highest BCUT2D eigenvalue weighted by molar-refractivity contribution is 5.37. The van der Waals surface area contributed by atoms with Crippen LogP contribution in [0.1, 0.15) is 64.1 Å². The van der Waals surface area contributed by atoms with Crippen LogP contribution < -0.4 is 5.32 Å². The van der Waals surface area contributed by atoms with Crippen molar-refractivity contribution in [3.8, 4) is 0 Å². The second-order valence-electron chi connectivity index (χ2n) is 7.84. The molecule has 2 aliphatic carbocycles. The molecule has 1 aromatic rings. The summed E-state index contributed by atoms with van der Waals surface area (Å²) in [6, 6.07) is 10.2. The summed E-state index contributed by atoms with van der Waals surface area (Å²) >= 11 is 0. The Balaban J connectivity index is 1.82. The minimum atomic E-state index is 0.337. The van der Waals surface area contributed by atoms with Crippen molar-refractivity contribution in [2.24, 2.45) is 17.3 Å². The summed E-state index contributed by atoms with van der Waals surface area (Å²) in [5, 5.41) is 4.04. The standard InChI is InChI=1S/C19H29N/c1-13-8-7-11-17(14(13)2)20-18-16-10-6-5-9-15(16)12-19(18,3)4/h5-6,9-10,13-14,17-18,20H,7-8,11-12H2,1-4H3. The van der Waals surface area contributed by atoms with Crippen molar-refractivity contribution in [3.63, 3.8) is 0 Å². The molecule has 0 spiro atoms. The van der Waals surface area contributed by atoms with Crippen LogP contribution in [-0.2, 0) is 6.42 Å². The summed E-state index contributed by atoms with van der Waals surface area (Å²) in [5.74, 6) is 1.66. The molecule has 1 N–H and O–H groups in total. The average Bonchev–Trinajstić information content (AvgIpc) is 2.66. The summed E-state index contributed by atoms with van der Waals surface area (Å²) in [6.45, 7) is 9.70. The van der Waals surface area contributed by atoms with Crippen LogP contribution in [0.2, 0.25) is 0 Å². The second-order valence-corrected chi connectivity index (χ2v) is 7.84. The van der Waals surface area contributed by atoms with Gasteiger partial charge in [0.15, 0.2) is 0 Å². The Kier molecular flexibility index (Phi) is 3.66. The van der Waals surface area contributed by atoms with Gasteiger partial charge in [-0.25, -0.2) is 0 Å². The van der Waals surface area contributed by atoms with E-state index in [0.29, 0.717) is 17.5 Å². The van der Waals surface area contributed by atoms with Crippen molar-refractivity contribution in [1.82, 2.24) is 5.32 Å². The molecule has 20 heavy (non-hydrogen) atoms. The van der Waals surface area contributed by atoms with Gasteiger partial charge in [-0.15, -0.1) is 0 Å². The number of hydrogen-bond donors (Lipinski definition) is 1. The van der Waals surface area contributed by atoms with E-state index < -0.39 is 0 Å². The van der Waals surface area contributed by atoms with Crippen molar-refractivity contribution in [2.45, 2.75) is 65.5 Å². The first-order valence-corrected chi connectivity index (χ1v) is 8.33. The van der Waals surface area contributed by atoms with Gasteiger partial charge < -0.3 is 5.32 Å². The van der Waals surface area contributed by atoms with E-state index in [0.717, 1.165) is 11.8 Å². The third-order valence-electron chi connectivity index (χ3n) is 5.88. The Morgan fingerprint density at radius 2 is 1.85 bits per heavy atom.